The predicted molar refractivity (Wildman–Crippen MR) is 130 cm³/mol. The zero-order valence-electron chi connectivity index (χ0n) is 18.4. The van der Waals surface area contributed by atoms with Crippen molar-refractivity contribution in [2.75, 3.05) is 18.9 Å². The molecule has 2 unspecified atom stereocenters. The summed E-state index contributed by atoms with van der Waals surface area (Å²) in [6, 6.07) is 9.23. The average molecular weight is 551 g/mol. The molecule has 0 saturated carbocycles. The minimum atomic E-state index is -4.42. The number of nitrogens with one attached hydrogen (secondary N) is 2. The number of fused-ring (bicyclic) bond motifs is 2. The summed E-state index contributed by atoms with van der Waals surface area (Å²) in [6.45, 7) is -0.195. The topological polar surface area (TPSA) is 87.7 Å². The van der Waals surface area contributed by atoms with E-state index in [9.17, 15) is 27.9 Å². The Morgan fingerprint density at radius 2 is 1.86 bits per heavy atom. The Bertz CT molecular complexity index is 1130. The van der Waals surface area contributed by atoms with Crippen molar-refractivity contribution >= 4 is 42.0 Å². The van der Waals surface area contributed by atoms with E-state index < -0.39 is 30.4 Å². The molecule has 2 saturated heterocycles. The van der Waals surface area contributed by atoms with Gasteiger partial charge in [0, 0.05) is 0 Å². The number of hydrogen-bond acceptors (Lipinski definition) is 4. The monoisotopic (exact) mass is 550 g/mol. The number of amides is 2. The second kappa shape index (κ2) is 9.77. The molecule has 2 atom stereocenters. The number of rotatable bonds is 7. The van der Waals surface area contributed by atoms with Gasteiger partial charge < -0.3 is 0 Å². The van der Waals surface area contributed by atoms with E-state index in [1.807, 2.05) is 0 Å². The zero-order valence-corrected chi connectivity index (χ0v) is 20.9. The van der Waals surface area contributed by atoms with Gasteiger partial charge >= 0.3 is 211 Å². The second-order valence-corrected chi connectivity index (χ2v) is 14.2. The van der Waals surface area contributed by atoms with Gasteiger partial charge in [-0.25, -0.2) is 0 Å². The Kier molecular flexibility index (Phi) is 7.26. The van der Waals surface area contributed by atoms with E-state index in [0.29, 0.717) is 40.1 Å². The summed E-state index contributed by atoms with van der Waals surface area (Å²) < 4.78 is 43.7. The minimum absolute atomic E-state index is 0.0648. The summed E-state index contributed by atoms with van der Waals surface area (Å²) in [6.07, 6.45) is -2.65. The fourth-order valence-corrected chi connectivity index (χ4v) is 10.5. The number of aliphatic hydroxyl groups excluding tert-OH is 1. The van der Waals surface area contributed by atoms with Crippen LogP contribution in [0.4, 0.5) is 18.0 Å². The molecule has 2 bridgehead atoms. The maximum absolute atomic E-state index is 13.1. The van der Waals surface area contributed by atoms with Crippen LogP contribution in [0.15, 0.2) is 42.5 Å². The Morgan fingerprint density at radius 3 is 2.49 bits per heavy atom. The van der Waals surface area contributed by atoms with Crippen LogP contribution in [-0.4, -0.2) is 47.0 Å². The van der Waals surface area contributed by atoms with Crippen LogP contribution < -0.4 is 15.4 Å². The first-order chi connectivity index (χ1) is 16.4. The summed E-state index contributed by atoms with van der Waals surface area (Å²) in [5.41, 5.74) is -1.15. The van der Waals surface area contributed by atoms with Crippen molar-refractivity contribution in [3.05, 3.63) is 63.6 Å². The number of ether oxygens (including phenoxy) is 1. The van der Waals surface area contributed by atoms with Gasteiger partial charge in [-0.15, -0.1) is 0 Å². The summed E-state index contributed by atoms with van der Waals surface area (Å²) in [5, 5.41) is 17.2. The van der Waals surface area contributed by atoms with E-state index in [2.05, 4.69) is 10.6 Å². The molecule has 0 radical (unpaired) electrons. The van der Waals surface area contributed by atoms with Gasteiger partial charge in [0.1, 0.15) is 0 Å². The number of alkyl halides is 3. The summed E-state index contributed by atoms with van der Waals surface area (Å²) in [5.74, 6) is -0.809. The molecule has 190 valence electrons. The van der Waals surface area contributed by atoms with Gasteiger partial charge in [0.05, 0.1) is 0 Å². The third-order valence-electron chi connectivity index (χ3n) is 6.78. The molecular formula is C23H24Cl2F3N2O4P. The first-order valence-electron chi connectivity index (χ1n) is 10.9. The van der Waals surface area contributed by atoms with Gasteiger partial charge in [-0.05, 0) is 0 Å². The molecule has 35 heavy (non-hydrogen) atoms. The molecule has 2 aliphatic heterocycles. The standard InChI is InChI=1S/C23H24Cl2F3N2O4P/c24-17-6-5-16(9-18(17)25)34-12-19(31)30-22-7-8-35(13-22,20(32)10-22)21(33)29-11-14-1-3-15(4-2-14)23(26,27)28/h1-6,9,20,32,35H,7-8,10-13H2,(H,29,33)(H,30,31). The molecule has 2 aromatic carbocycles. The molecule has 12 heteroatoms. The molecule has 6 nitrogen and oxygen atoms in total. The zero-order chi connectivity index (χ0) is 25.4. The van der Waals surface area contributed by atoms with Gasteiger partial charge in [-0.3, -0.25) is 0 Å². The number of hydrogen-bond donors (Lipinski definition) is 3. The van der Waals surface area contributed by atoms with Gasteiger partial charge in [0.15, 0.2) is 0 Å². The molecule has 0 aliphatic carbocycles. The molecule has 2 heterocycles. The molecule has 4 rings (SSSR count). The van der Waals surface area contributed by atoms with Gasteiger partial charge in [-0.1, -0.05) is 0 Å². The molecule has 2 fully saturated rings. The molecule has 3 N–H and O–H groups in total. The van der Waals surface area contributed by atoms with E-state index in [4.69, 9.17) is 27.9 Å². The molecule has 2 amide bonds. The molecule has 2 aliphatic rings. The first-order valence-corrected chi connectivity index (χ1v) is 14.2. The maximum atomic E-state index is 13.1. The van der Waals surface area contributed by atoms with E-state index in [1.165, 1.54) is 18.2 Å². The molecular weight excluding hydrogens is 527 g/mol. The average Bonchev–Trinajstić information content (AvgIpc) is 3.31. The molecule has 0 aromatic heterocycles. The SMILES string of the molecule is O=C(COc1ccc(Cl)c(Cl)c1)NC12CC[PH](C(=O)NCc3ccc(C(F)(F)F)cc3)(C1)C(O)C2. The third-order valence-corrected chi connectivity index (χ3v) is 12.5. The number of carbonyl (C=O) groups is 2. The van der Waals surface area contributed by atoms with Crippen LogP contribution in [0.3, 0.4) is 0 Å². The van der Waals surface area contributed by atoms with Crippen LogP contribution in [0.25, 0.3) is 0 Å². The molecule has 0 spiro atoms. The molecule has 2 aromatic rings. The number of halogens is 5. The van der Waals surface area contributed by atoms with Crippen molar-refractivity contribution in [2.24, 2.45) is 0 Å². The van der Waals surface area contributed by atoms with E-state index in [-0.39, 0.29) is 31.1 Å². The van der Waals surface area contributed by atoms with Crippen molar-refractivity contribution in [1.82, 2.24) is 10.6 Å². The number of carbonyl (C=O) groups excluding carboxylic acids is 2. The van der Waals surface area contributed by atoms with Gasteiger partial charge in [0.25, 0.3) is 0 Å². The van der Waals surface area contributed by atoms with Crippen molar-refractivity contribution < 1.29 is 32.6 Å². The van der Waals surface area contributed by atoms with Crippen LogP contribution in [-0.2, 0) is 17.5 Å². The van der Waals surface area contributed by atoms with Crippen LogP contribution in [0.2, 0.25) is 10.0 Å². The Labute approximate surface area is 210 Å². The summed E-state index contributed by atoms with van der Waals surface area (Å²) in [4.78, 5) is 25.6. The van der Waals surface area contributed by atoms with Crippen molar-refractivity contribution in [3.63, 3.8) is 0 Å². The van der Waals surface area contributed by atoms with Gasteiger partial charge in [-0.2, -0.15) is 0 Å². The predicted octanol–water partition coefficient (Wildman–Crippen LogP) is 5.03. The fraction of sp³-hybridized carbons (Fsp3) is 0.391. The van der Waals surface area contributed by atoms with Crippen LogP contribution >= 0.6 is 30.5 Å². The van der Waals surface area contributed by atoms with E-state index >= 15 is 0 Å². The van der Waals surface area contributed by atoms with Crippen molar-refractivity contribution in [3.8, 4) is 5.75 Å². The van der Waals surface area contributed by atoms with Gasteiger partial charge in [0.2, 0.25) is 0 Å². The Morgan fingerprint density at radius 1 is 1.14 bits per heavy atom. The number of aliphatic hydroxyl groups is 1. The normalized spacial score (nSPS) is 23.5. The summed E-state index contributed by atoms with van der Waals surface area (Å²) in [7, 11) is -2.84. The van der Waals surface area contributed by atoms with Crippen LogP contribution in [0, 0.1) is 0 Å². The quantitative estimate of drug-likeness (QED) is 0.422. The van der Waals surface area contributed by atoms with Crippen molar-refractivity contribution in [2.45, 2.75) is 36.9 Å². The fourth-order valence-electron chi connectivity index (χ4n) is 4.99. The first kappa shape index (κ1) is 26.0. The Balaban J connectivity index is 1.33. The van der Waals surface area contributed by atoms with Crippen LogP contribution in [0.1, 0.15) is 24.0 Å². The third kappa shape index (κ3) is 5.53. The second-order valence-electron chi connectivity index (χ2n) is 9.12. The summed E-state index contributed by atoms with van der Waals surface area (Å²) >= 11 is 11.8. The Hall–Kier alpha value is -2.06. The van der Waals surface area contributed by atoms with E-state index in [1.54, 1.807) is 12.1 Å². The van der Waals surface area contributed by atoms with E-state index in [0.717, 1.165) is 12.1 Å². The van der Waals surface area contributed by atoms with Crippen LogP contribution in [0.5, 0.6) is 5.75 Å². The van der Waals surface area contributed by atoms with Crippen molar-refractivity contribution in [1.29, 1.82) is 0 Å². The number of benzene rings is 2.